The molecular formula is C14H24N4O2. The van der Waals surface area contributed by atoms with Gasteiger partial charge in [0.05, 0.1) is 0 Å². The fraction of sp³-hybridized carbons (Fsp3) is 0.786. The Morgan fingerprint density at radius 2 is 2.10 bits per heavy atom. The number of hydrogen-bond acceptors (Lipinski definition) is 5. The molecule has 6 heteroatoms. The maximum absolute atomic E-state index is 12.1. The van der Waals surface area contributed by atoms with E-state index < -0.39 is 5.97 Å². The van der Waals surface area contributed by atoms with Crippen LogP contribution in [0.4, 0.5) is 5.82 Å². The molecule has 1 fully saturated rings. The van der Waals surface area contributed by atoms with Gasteiger partial charge in [-0.1, -0.05) is 31.4 Å². The van der Waals surface area contributed by atoms with Crippen molar-refractivity contribution in [1.29, 1.82) is 0 Å². The van der Waals surface area contributed by atoms with E-state index in [1.165, 1.54) is 6.42 Å². The van der Waals surface area contributed by atoms with Gasteiger partial charge in [-0.2, -0.15) is 0 Å². The van der Waals surface area contributed by atoms with E-state index in [9.17, 15) is 4.79 Å². The number of carbonyl (C=O) groups excluding carboxylic acids is 1. The Hall–Kier alpha value is -1.59. The molecule has 0 bridgehead atoms. The molecule has 0 atom stereocenters. The van der Waals surface area contributed by atoms with Gasteiger partial charge in [0.15, 0.2) is 5.82 Å². The van der Waals surface area contributed by atoms with Crippen LogP contribution in [-0.2, 0) is 11.3 Å². The van der Waals surface area contributed by atoms with E-state index >= 15 is 0 Å². The van der Waals surface area contributed by atoms with Gasteiger partial charge in [0.1, 0.15) is 6.10 Å². The Morgan fingerprint density at radius 1 is 1.35 bits per heavy atom. The van der Waals surface area contributed by atoms with E-state index in [2.05, 4.69) is 17.2 Å². The van der Waals surface area contributed by atoms with E-state index in [1.807, 2.05) is 0 Å². The second kappa shape index (κ2) is 7.26. The van der Waals surface area contributed by atoms with Crippen molar-refractivity contribution < 1.29 is 9.53 Å². The lowest BCUT2D eigenvalue weighted by molar-refractivity contribution is 0.0205. The van der Waals surface area contributed by atoms with Crippen LogP contribution in [0.5, 0.6) is 0 Å². The third-order valence-electron chi connectivity index (χ3n) is 3.77. The lowest BCUT2D eigenvalue weighted by Gasteiger charge is -2.21. The molecule has 0 spiro atoms. The van der Waals surface area contributed by atoms with Gasteiger partial charge in [0, 0.05) is 6.54 Å². The summed E-state index contributed by atoms with van der Waals surface area (Å²) in [5.41, 5.74) is 6.09. The molecule has 0 amide bonds. The summed E-state index contributed by atoms with van der Waals surface area (Å²) in [6.07, 6.45) is 8.60. The molecule has 1 aromatic rings. The van der Waals surface area contributed by atoms with Gasteiger partial charge in [-0.25, -0.2) is 9.48 Å². The summed E-state index contributed by atoms with van der Waals surface area (Å²) in [5, 5.41) is 7.82. The van der Waals surface area contributed by atoms with E-state index in [0.717, 1.165) is 44.9 Å². The SMILES string of the molecule is CCCCCn1nnc(C(=O)OC2CCCCC2)c1N. The minimum Gasteiger partial charge on any atom is -0.458 e. The van der Waals surface area contributed by atoms with Crippen LogP contribution in [0.1, 0.15) is 68.8 Å². The Morgan fingerprint density at radius 3 is 2.80 bits per heavy atom. The van der Waals surface area contributed by atoms with Crippen LogP contribution >= 0.6 is 0 Å². The highest BCUT2D eigenvalue weighted by Gasteiger charge is 2.23. The second-order valence-electron chi connectivity index (χ2n) is 5.42. The summed E-state index contributed by atoms with van der Waals surface area (Å²) in [6.45, 7) is 2.83. The average Bonchev–Trinajstić information content (AvgIpc) is 2.82. The quantitative estimate of drug-likeness (QED) is 0.639. The van der Waals surface area contributed by atoms with Crippen LogP contribution in [0.25, 0.3) is 0 Å². The Balaban J connectivity index is 1.92. The molecule has 1 saturated carbocycles. The lowest BCUT2D eigenvalue weighted by Crippen LogP contribution is -2.22. The molecule has 6 nitrogen and oxygen atoms in total. The fourth-order valence-electron chi connectivity index (χ4n) is 2.53. The molecular weight excluding hydrogens is 256 g/mol. The molecule has 0 unspecified atom stereocenters. The molecule has 112 valence electrons. The molecule has 1 heterocycles. The first-order chi connectivity index (χ1) is 9.72. The van der Waals surface area contributed by atoms with Crippen LogP contribution in [0.2, 0.25) is 0 Å². The molecule has 20 heavy (non-hydrogen) atoms. The Bertz CT molecular complexity index is 438. The number of esters is 1. The van der Waals surface area contributed by atoms with Crippen molar-refractivity contribution in [2.75, 3.05) is 5.73 Å². The molecule has 0 aromatic carbocycles. The Labute approximate surface area is 119 Å². The topological polar surface area (TPSA) is 83.0 Å². The second-order valence-corrected chi connectivity index (χ2v) is 5.42. The van der Waals surface area contributed by atoms with Gasteiger partial charge in [0.25, 0.3) is 0 Å². The van der Waals surface area contributed by atoms with E-state index in [1.54, 1.807) is 4.68 Å². The molecule has 0 radical (unpaired) electrons. The number of aromatic nitrogens is 3. The maximum atomic E-state index is 12.1. The fourth-order valence-corrected chi connectivity index (χ4v) is 2.53. The van der Waals surface area contributed by atoms with Gasteiger partial charge in [-0.15, -0.1) is 5.10 Å². The summed E-state index contributed by atoms with van der Waals surface area (Å²) in [7, 11) is 0. The number of nitrogens with two attached hydrogens (primary N) is 1. The summed E-state index contributed by atoms with van der Waals surface area (Å²) >= 11 is 0. The standard InChI is InChI=1S/C14H24N4O2/c1-2-3-7-10-18-13(15)12(16-17-18)14(19)20-11-8-5-4-6-9-11/h11H,2-10,15H2,1H3. The van der Waals surface area contributed by atoms with Gasteiger partial charge in [-0.3, -0.25) is 0 Å². The highest BCUT2D eigenvalue weighted by molar-refractivity contribution is 5.91. The number of anilines is 1. The van der Waals surface area contributed by atoms with Crippen LogP contribution in [-0.4, -0.2) is 27.1 Å². The third kappa shape index (κ3) is 3.71. The van der Waals surface area contributed by atoms with Crippen LogP contribution in [0, 0.1) is 0 Å². The molecule has 2 N–H and O–H groups in total. The predicted octanol–water partition coefficient (Wildman–Crippen LogP) is 2.54. The zero-order chi connectivity index (χ0) is 14.4. The normalized spacial score (nSPS) is 16.2. The molecule has 0 aliphatic heterocycles. The maximum Gasteiger partial charge on any atom is 0.363 e. The van der Waals surface area contributed by atoms with Crippen molar-refractivity contribution in [3.63, 3.8) is 0 Å². The monoisotopic (exact) mass is 280 g/mol. The lowest BCUT2D eigenvalue weighted by atomic mass is 9.98. The smallest absolute Gasteiger partial charge is 0.363 e. The van der Waals surface area contributed by atoms with Crippen molar-refractivity contribution >= 4 is 11.8 Å². The first-order valence-corrected chi connectivity index (χ1v) is 7.62. The van der Waals surface area contributed by atoms with Crippen molar-refractivity contribution in [2.45, 2.75) is 70.9 Å². The van der Waals surface area contributed by atoms with Crippen LogP contribution < -0.4 is 5.73 Å². The molecule has 1 aliphatic carbocycles. The highest BCUT2D eigenvalue weighted by atomic mass is 16.5. The molecule has 1 aliphatic rings. The first-order valence-electron chi connectivity index (χ1n) is 7.62. The first kappa shape index (κ1) is 14.8. The van der Waals surface area contributed by atoms with Crippen molar-refractivity contribution in [3.05, 3.63) is 5.69 Å². The Kier molecular flexibility index (Phi) is 5.38. The van der Waals surface area contributed by atoms with E-state index in [4.69, 9.17) is 10.5 Å². The molecule has 0 saturated heterocycles. The van der Waals surface area contributed by atoms with E-state index in [-0.39, 0.29) is 11.8 Å². The van der Waals surface area contributed by atoms with Gasteiger partial charge in [0.2, 0.25) is 5.69 Å². The number of ether oxygens (including phenoxy) is 1. The van der Waals surface area contributed by atoms with Crippen LogP contribution in [0.3, 0.4) is 0 Å². The molecule has 1 aromatic heterocycles. The summed E-state index contributed by atoms with van der Waals surface area (Å²) in [4.78, 5) is 12.1. The minimum absolute atomic E-state index is 0.0147. The summed E-state index contributed by atoms with van der Waals surface area (Å²) in [5.74, 6) is -0.113. The number of unbranched alkanes of at least 4 members (excludes halogenated alkanes) is 2. The van der Waals surface area contributed by atoms with Crippen molar-refractivity contribution in [1.82, 2.24) is 15.0 Å². The largest absolute Gasteiger partial charge is 0.458 e. The average molecular weight is 280 g/mol. The number of nitrogens with zero attached hydrogens (tertiary/aromatic N) is 3. The summed E-state index contributed by atoms with van der Waals surface area (Å²) < 4.78 is 7.05. The van der Waals surface area contributed by atoms with E-state index in [0.29, 0.717) is 12.4 Å². The van der Waals surface area contributed by atoms with Crippen molar-refractivity contribution in [3.8, 4) is 0 Å². The van der Waals surface area contributed by atoms with Crippen LogP contribution in [0.15, 0.2) is 0 Å². The number of hydrogen-bond donors (Lipinski definition) is 1. The number of aryl methyl sites for hydroxylation is 1. The van der Waals surface area contributed by atoms with Crippen molar-refractivity contribution in [2.24, 2.45) is 0 Å². The van der Waals surface area contributed by atoms with Gasteiger partial charge >= 0.3 is 5.97 Å². The number of nitrogen functional groups attached to an aromatic ring is 1. The summed E-state index contributed by atoms with van der Waals surface area (Å²) in [6, 6.07) is 0. The number of rotatable bonds is 6. The minimum atomic E-state index is -0.434. The van der Waals surface area contributed by atoms with Gasteiger partial charge in [-0.05, 0) is 32.1 Å². The zero-order valence-corrected chi connectivity index (χ0v) is 12.2. The molecule has 2 rings (SSSR count). The third-order valence-corrected chi connectivity index (χ3v) is 3.77. The predicted molar refractivity (Wildman–Crippen MR) is 76.2 cm³/mol. The highest BCUT2D eigenvalue weighted by Crippen LogP contribution is 2.22. The zero-order valence-electron chi connectivity index (χ0n) is 12.2. The number of carbonyl (C=O) groups is 1. The van der Waals surface area contributed by atoms with Gasteiger partial charge < -0.3 is 10.5 Å².